The second kappa shape index (κ2) is 42.2. The van der Waals surface area contributed by atoms with Crippen molar-refractivity contribution in [1.29, 1.82) is 0 Å². The lowest BCUT2D eigenvalue weighted by atomic mass is 9.88. The second-order valence-electron chi connectivity index (χ2n) is 29.3. The number of amides is 4. The third kappa shape index (κ3) is 21.8. The summed E-state index contributed by atoms with van der Waals surface area (Å²) in [7, 11) is 0. The predicted molar refractivity (Wildman–Crippen MR) is 360 cm³/mol. The van der Waals surface area contributed by atoms with Gasteiger partial charge in [0.15, 0.2) is 44.0 Å². The minimum atomic E-state index is -3.30. The molecule has 0 aliphatic carbocycles. The Morgan fingerprint density at radius 2 is 0.828 bits per heavy atom. The Morgan fingerprint density at radius 3 is 1.29 bits per heavy atom. The van der Waals surface area contributed by atoms with Gasteiger partial charge in [0.05, 0.1) is 83.3 Å². The highest BCUT2D eigenvalue weighted by molar-refractivity contribution is 5.77. The van der Waals surface area contributed by atoms with Crippen LogP contribution in [0.25, 0.3) is 0 Å². The normalized spacial score (nSPS) is 45.3. The van der Waals surface area contributed by atoms with Crippen molar-refractivity contribution in [1.82, 2.24) is 21.3 Å². The van der Waals surface area contributed by atoms with Gasteiger partial charge in [-0.05, 0) is 13.8 Å². The highest BCUT2D eigenvalue weighted by atomic mass is 16.8. The van der Waals surface area contributed by atoms with Crippen molar-refractivity contribution in [3.8, 4) is 0 Å². The van der Waals surface area contributed by atoms with Gasteiger partial charge in [-0.1, -0.05) is 0 Å². The first-order valence-electron chi connectivity index (χ1n) is 36.9. The van der Waals surface area contributed by atoms with E-state index in [0.29, 0.717) is 0 Å². The molecule has 51 heteroatoms. The molecule has 30 N–H and O–H groups in total. The maximum Gasteiger partial charge on any atom is 0.364 e. The van der Waals surface area contributed by atoms with Crippen molar-refractivity contribution >= 4 is 29.6 Å². The van der Waals surface area contributed by atoms with Crippen LogP contribution in [0.2, 0.25) is 0 Å². The Balaban J connectivity index is 1.06. The van der Waals surface area contributed by atoms with Crippen molar-refractivity contribution in [3.05, 3.63) is 0 Å². The van der Waals surface area contributed by atoms with Crippen LogP contribution in [0.4, 0.5) is 0 Å². The van der Waals surface area contributed by atoms with Gasteiger partial charge < -0.3 is 230 Å². The SMILES string of the molecule is CC(=O)N[C@H]1[C@H](O[C@H]2[C@@H](O)[C@@H](CO)O[C@@H](O[C@H]3[C@H](O)[C@@H](NC(C)=O)[C@H](OC[C@@H](O)[C@H](O)[C@H](O[C@@H]4O[C@H](CO)[C@H](O)[C@H](O[C@]5(C(=O)O)C[C@H](O)[C@@H](NC(C)=O)[C@H]([C@H](O)[C@H](O)CO)O5)[C@H]4O)[C@H](CO)NC(C)=O)O[C@@H]3CO)[C@@H]2O[C@@H]2O[C@@H](C)[C@@H](O)[C@@H](O)[C@@H]2O)O[C@H](CO)[C@@H](O[C@@H]2O[C@H](CO)[C@H](O)[C@H](O)[C@H]2O[C@@H]2O[C@@H](C)[C@@H](O)[C@@H](O)[C@@H]2O)[C@@H]1O. The van der Waals surface area contributed by atoms with E-state index >= 15 is 0 Å². The smallest absolute Gasteiger partial charge is 0.364 e. The van der Waals surface area contributed by atoms with Crippen LogP contribution in [0.3, 0.4) is 0 Å². The molecule has 0 radical (unpaired) electrons. The number of aliphatic hydroxyl groups excluding tert-OH is 25. The third-order valence-corrected chi connectivity index (χ3v) is 20.9. The molecule has 51 nitrogen and oxygen atoms in total. The van der Waals surface area contributed by atoms with Crippen molar-refractivity contribution in [2.24, 2.45) is 0 Å². The summed E-state index contributed by atoms with van der Waals surface area (Å²) in [4.78, 5) is 64.3. The highest BCUT2D eigenvalue weighted by Gasteiger charge is 2.63. The molecule has 8 rings (SSSR count). The summed E-state index contributed by atoms with van der Waals surface area (Å²) in [6.45, 7) is -3.38. The van der Waals surface area contributed by atoms with Crippen LogP contribution in [0.1, 0.15) is 48.0 Å². The number of nitrogens with one attached hydrogen (secondary N) is 4. The summed E-state index contributed by atoms with van der Waals surface area (Å²) in [5, 5.41) is 298. The zero-order valence-corrected chi connectivity index (χ0v) is 63.0. The van der Waals surface area contributed by atoms with Gasteiger partial charge in [0, 0.05) is 34.1 Å². The average Bonchev–Trinajstić information content (AvgIpc) is 0.757. The van der Waals surface area contributed by atoms with Gasteiger partial charge in [-0.25, -0.2) is 4.79 Å². The number of hydrogen-bond donors (Lipinski definition) is 30. The van der Waals surface area contributed by atoms with Crippen LogP contribution in [0.15, 0.2) is 0 Å². The third-order valence-electron chi connectivity index (χ3n) is 20.9. The van der Waals surface area contributed by atoms with Crippen LogP contribution in [-0.2, 0) is 99.8 Å². The van der Waals surface area contributed by atoms with Gasteiger partial charge in [-0.2, -0.15) is 0 Å². The molecule has 8 heterocycles. The highest BCUT2D eigenvalue weighted by Crippen LogP contribution is 2.42. The summed E-state index contributed by atoms with van der Waals surface area (Å²) in [5.74, 6) is -9.27. The van der Waals surface area contributed by atoms with E-state index in [1.54, 1.807) is 0 Å². The lowest BCUT2D eigenvalue weighted by Gasteiger charge is -2.52. The Bertz CT molecular complexity index is 3120. The molecule has 0 aromatic carbocycles. The molecule has 0 saturated carbocycles. The van der Waals surface area contributed by atoms with Gasteiger partial charge in [0.2, 0.25) is 23.6 Å². The summed E-state index contributed by atoms with van der Waals surface area (Å²) < 4.78 is 94.6. The van der Waals surface area contributed by atoms with E-state index in [9.17, 15) is 157 Å². The average molecular weight is 1700 g/mol. The van der Waals surface area contributed by atoms with Crippen LogP contribution in [0, 0.1) is 0 Å². The zero-order chi connectivity index (χ0) is 86.3. The maximum atomic E-state index is 13.2. The Kier molecular flexibility index (Phi) is 35.3. The summed E-state index contributed by atoms with van der Waals surface area (Å²) in [6.07, 6.45) is -85.4. The van der Waals surface area contributed by atoms with Crippen molar-refractivity contribution < 1.29 is 233 Å². The molecule has 8 aliphatic rings. The molecule has 8 saturated heterocycles. The lowest BCUT2D eigenvalue weighted by Crippen LogP contribution is -2.71. The van der Waals surface area contributed by atoms with Gasteiger partial charge in [-0.3, -0.25) is 19.2 Å². The van der Waals surface area contributed by atoms with Crippen molar-refractivity contribution in [2.45, 2.75) is 323 Å². The van der Waals surface area contributed by atoms with Crippen molar-refractivity contribution in [3.63, 3.8) is 0 Å². The van der Waals surface area contributed by atoms with E-state index in [1.807, 2.05) is 0 Å². The fraction of sp³-hybridized carbons (Fsp3) is 0.923. The van der Waals surface area contributed by atoms with Crippen LogP contribution in [-0.4, -0.2) is 491 Å². The molecule has 0 aromatic heterocycles. The number of carboxylic acid groups (broad SMARTS) is 1. The monoisotopic (exact) mass is 1700 g/mol. The standard InChI is InChI=1S/C65H110N4O47/c1-16-34(84)43(93)46(96)59(102-16)113-55-45(95)38(88)26(10-72)105-62(55)110-51-30(14-76)108-58(33(42(51)92)69-21(6)80)112-54-40(90)28(12-74)106-63(56(54)114-60-47(97)44(94)35(85)17(2)103-60)111-50-29(13-75)107-57(32(41(50)91)68-20(5)79)101-15-25(83)37(87)49(22(8-70)66-18(3)77)109-61-48(98)53(39(89)27(11-73)104-61)116-65(64(99)100)7-23(81)31(67-19(4)78)52(115-65)36(86)24(82)9-71/h16-17,22-63,70-76,81-98H,7-15H2,1-6H3,(H,66,77)(H,67,78)(H,68,79)(H,69,80)(H,99,100)/t16-,17-,22-,23-,24+,25+,26+,27+,28+,29+,30+,31+,32+,33+,34+,35+,36+,37-,38-,39-,40-,41+,42+,43+,44+,45-,46-,47-,48+,49+,50+,51+,52+,53-,54-,55+,56+,57+,58-,59-,60-,61-,62-,63-,65-/m0/s1. The second-order valence-corrected chi connectivity index (χ2v) is 29.3. The molecule has 0 aromatic rings. The first-order chi connectivity index (χ1) is 54.6. The van der Waals surface area contributed by atoms with E-state index in [2.05, 4.69) is 21.3 Å². The molecule has 4 amide bonds. The topological polar surface area (TPSA) is 807 Å². The first kappa shape index (κ1) is 97.2. The fourth-order valence-electron chi connectivity index (χ4n) is 14.6. The molecule has 0 unspecified atom stereocenters. The first-order valence-corrected chi connectivity index (χ1v) is 36.9. The predicted octanol–water partition coefficient (Wildman–Crippen LogP) is -19.2. The van der Waals surface area contributed by atoms with Crippen LogP contribution < -0.4 is 21.3 Å². The van der Waals surface area contributed by atoms with Gasteiger partial charge in [0.25, 0.3) is 5.79 Å². The minimum absolute atomic E-state index is 0.876. The molecule has 116 heavy (non-hydrogen) atoms. The largest absolute Gasteiger partial charge is 0.477 e. The number of aliphatic hydroxyl groups is 25. The zero-order valence-electron chi connectivity index (χ0n) is 63.0. The summed E-state index contributed by atoms with van der Waals surface area (Å²) in [6, 6.07) is -7.62. The van der Waals surface area contributed by atoms with E-state index < -0.39 is 364 Å². The molecule has 8 fully saturated rings. The number of ether oxygens (including phenoxy) is 16. The molecule has 0 spiro atoms. The quantitative estimate of drug-likeness (QED) is 0.0284. The molecule has 672 valence electrons. The van der Waals surface area contributed by atoms with Gasteiger partial charge >= 0.3 is 5.97 Å². The molecule has 0 bridgehead atoms. The molecule has 8 aliphatic heterocycles. The summed E-state index contributed by atoms with van der Waals surface area (Å²) >= 11 is 0. The number of carbonyl (C=O) groups is 5. The number of carboxylic acids is 1. The van der Waals surface area contributed by atoms with E-state index in [0.717, 1.165) is 27.7 Å². The Morgan fingerprint density at radius 1 is 0.405 bits per heavy atom. The number of rotatable bonds is 34. The van der Waals surface area contributed by atoms with Gasteiger partial charge in [-0.15, -0.1) is 0 Å². The molecular weight excluding hydrogens is 1590 g/mol. The Hall–Kier alpha value is -4.29. The minimum Gasteiger partial charge on any atom is -0.477 e. The summed E-state index contributed by atoms with van der Waals surface area (Å²) in [5.41, 5.74) is 0. The lowest BCUT2D eigenvalue weighted by molar-refractivity contribution is -0.404. The number of carbonyl (C=O) groups excluding carboxylic acids is 4. The fourth-order valence-corrected chi connectivity index (χ4v) is 14.6. The number of hydrogen-bond acceptors (Lipinski definition) is 46. The van der Waals surface area contributed by atoms with E-state index in [-0.39, 0.29) is 0 Å². The van der Waals surface area contributed by atoms with Gasteiger partial charge in [0.1, 0.15) is 195 Å². The van der Waals surface area contributed by atoms with E-state index in [1.165, 1.54) is 13.8 Å². The van der Waals surface area contributed by atoms with Crippen molar-refractivity contribution in [2.75, 3.05) is 52.9 Å². The molecule has 45 atom stereocenters. The van der Waals surface area contributed by atoms with Crippen LogP contribution >= 0.6 is 0 Å². The molecular formula is C65H110N4O47. The van der Waals surface area contributed by atoms with E-state index in [4.69, 9.17) is 75.8 Å². The Labute approximate surface area is 658 Å². The number of aliphatic carboxylic acids is 1. The van der Waals surface area contributed by atoms with Crippen LogP contribution in [0.5, 0.6) is 0 Å². The maximum absolute atomic E-state index is 13.2.